The predicted molar refractivity (Wildman–Crippen MR) is 48.7 cm³/mol. The van der Waals surface area contributed by atoms with E-state index in [1.54, 1.807) is 0 Å². The molecule has 0 aliphatic heterocycles. The molecule has 0 aromatic rings. The molecule has 72 valence electrons. The molecule has 5 atom stereocenters. The Labute approximate surface area is 74.6 Å². The van der Waals surface area contributed by atoms with Crippen LogP contribution in [0, 0.1) is 17.8 Å². The van der Waals surface area contributed by atoms with E-state index in [-0.39, 0.29) is 24.0 Å². The van der Waals surface area contributed by atoms with Crippen LogP contribution in [0.25, 0.3) is 0 Å². The van der Waals surface area contributed by atoms with Gasteiger partial charge in [0.2, 0.25) is 0 Å². The third-order valence-corrected chi connectivity index (χ3v) is 3.53. The third-order valence-electron chi connectivity index (χ3n) is 3.53. The smallest absolute Gasteiger partial charge is 0.0598 e. The lowest BCUT2D eigenvalue weighted by Gasteiger charge is -2.40. The van der Waals surface area contributed by atoms with Gasteiger partial charge in [0.25, 0.3) is 0 Å². The Morgan fingerprint density at radius 1 is 1.17 bits per heavy atom. The summed E-state index contributed by atoms with van der Waals surface area (Å²) in [5.41, 5.74) is 0. The van der Waals surface area contributed by atoms with Crippen LogP contribution in [0.1, 0.15) is 33.6 Å². The fourth-order valence-electron chi connectivity index (χ4n) is 2.16. The lowest BCUT2D eigenvalue weighted by Crippen LogP contribution is -2.43. The van der Waals surface area contributed by atoms with E-state index in [1.807, 2.05) is 13.8 Å². The minimum atomic E-state index is -0.214. The molecule has 0 aromatic carbocycles. The fourth-order valence-corrected chi connectivity index (χ4v) is 2.16. The second-order valence-electron chi connectivity index (χ2n) is 4.18. The molecule has 1 saturated carbocycles. The maximum absolute atomic E-state index is 9.81. The van der Waals surface area contributed by atoms with Crippen LogP contribution in [0.2, 0.25) is 0 Å². The van der Waals surface area contributed by atoms with Crippen molar-refractivity contribution in [2.75, 3.05) is 0 Å². The number of aliphatic hydroxyl groups is 2. The molecule has 1 fully saturated rings. The van der Waals surface area contributed by atoms with Crippen molar-refractivity contribution in [2.24, 2.45) is 17.8 Å². The average molecular weight is 172 g/mol. The largest absolute Gasteiger partial charge is 0.393 e. The molecule has 2 heteroatoms. The lowest BCUT2D eigenvalue weighted by atomic mass is 9.71. The van der Waals surface area contributed by atoms with Crippen molar-refractivity contribution in [1.82, 2.24) is 0 Å². The summed E-state index contributed by atoms with van der Waals surface area (Å²) >= 11 is 0. The van der Waals surface area contributed by atoms with Crippen molar-refractivity contribution in [3.8, 4) is 0 Å². The van der Waals surface area contributed by atoms with E-state index in [0.29, 0.717) is 5.92 Å². The van der Waals surface area contributed by atoms with Gasteiger partial charge >= 0.3 is 0 Å². The van der Waals surface area contributed by atoms with E-state index in [0.717, 1.165) is 12.8 Å². The summed E-state index contributed by atoms with van der Waals surface area (Å²) in [4.78, 5) is 0. The van der Waals surface area contributed by atoms with Gasteiger partial charge in [-0.1, -0.05) is 27.2 Å². The first-order valence-corrected chi connectivity index (χ1v) is 4.94. The zero-order valence-electron chi connectivity index (χ0n) is 8.20. The number of hydrogen-bond acceptors (Lipinski definition) is 2. The van der Waals surface area contributed by atoms with Crippen molar-refractivity contribution < 1.29 is 10.2 Å². The van der Waals surface area contributed by atoms with Gasteiger partial charge in [0.15, 0.2) is 0 Å². The van der Waals surface area contributed by atoms with Crippen molar-refractivity contribution in [3.63, 3.8) is 0 Å². The number of rotatable bonds is 1. The standard InChI is InChI=1S/C10H20O2/c1-4-8-5-9(11)6(2)7(3)10(8)12/h6-12H,4-5H2,1-3H3/t6?,7?,8?,9-,10?/m0/s1. The molecule has 0 heterocycles. The van der Waals surface area contributed by atoms with Gasteiger partial charge in [0, 0.05) is 0 Å². The van der Waals surface area contributed by atoms with Crippen LogP contribution in [0.5, 0.6) is 0 Å². The van der Waals surface area contributed by atoms with Gasteiger partial charge in [-0.15, -0.1) is 0 Å². The zero-order valence-corrected chi connectivity index (χ0v) is 8.20. The highest BCUT2D eigenvalue weighted by atomic mass is 16.3. The molecular weight excluding hydrogens is 152 g/mol. The lowest BCUT2D eigenvalue weighted by molar-refractivity contribution is -0.0677. The maximum atomic E-state index is 9.81. The number of aliphatic hydroxyl groups excluding tert-OH is 2. The highest BCUT2D eigenvalue weighted by molar-refractivity contribution is 4.87. The van der Waals surface area contributed by atoms with Gasteiger partial charge in [0.1, 0.15) is 0 Å². The Morgan fingerprint density at radius 2 is 1.75 bits per heavy atom. The van der Waals surface area contributed by atoms with Gasteiger partial charge < -0.3 is 10.2 Å². The molecule has 2 nitrogen and oxygen atoms in total. The molecule has 4 unspecified atom stereocenters. The monoisotopic (exact) mass is 172 g/mol. The molecule has 2 N–H and O–H groups in total. The molecule has 0 saturated heterocycles. The molecule has 1 aliphatic carbocycles. The SMILES string of the molecule is CCC1C[C@H](O)C(C)C(C)C1O. The minimum Gasteiger partial charge on any atom is -0.393 e. The fraction of sp³-hybridized carbons (Fsp3) is 1.00. The zero-order chi connectivity index (χ0) is 9.30. The molecule has 0 bridgehead atoms. The molecule has 1 aliphatic rings. The normalized spacial score (nSPS) is 49.2. The summed E-state index contributed by atoms with van der Waals surface area (Å²) in [7, 11) is 0. The van der Waals surface area contributed by atoms with E-state index < -0.39 is 0 Å². The Kier molecular flexibility index (Phi) is 3.13. The quantitative estimate of drug-likeness (QED) is 0.628. The Balaban J connectivity index is 2.63. The number of hydrogen-bond donors (Lipinski definition) is 2. The van der Waals surface area contributed by atoms with Gasteiger partial charge in [-0.3, -0.25) is 0 Å². The van der Waals surface area contributed by atoms with Crippen LogP contribution in [0.4, 0.5) is 0 Å². The highest BCUT2D eigenvalue weighted by Gasteiger charge is 2.37. The van der Waals surface area contributed by atoms with Gasteiger partial charge in [-0.25, -0.2) is 0 Å². The first kappa shape index (κ1) is 10.0. The summed E-state index contributed by atoms with van der Waals surface area (Å²) in [6.45, 7) is 6.12. The molecule has 0 aromatic heterocycles. The second kappa shape index (κ2) is 3.75. The van der Waals surface area contributed by atoms with Crippen molar-refractivity contribution >= 4 is 0 Å². The van der Waals surface area contributed by atoms with Crippen molar-refractivity contribution in [1.29, 1.82) is 0 Å². The van der Waals surface area contributed by atoms with Gasteiger partial charge in [0.05, 0.1) is 12.2 Å². The van der Waals surface area contributed by atoms with Crippen LogP contribution in [0.15, 0.2) is 0 Å². The molecule has 12 heavy (non-hydrogen) atoms. The van der Waals surface area contributed by atoms with E-state index in [4.69, 9.17) is 0 Å². The van der Waals surface area contributed by atoms with Crippen LogP contribution >= 0.6 is 0 Å². The van der Waals surface area contributed by atoms with E-state index in [9.17, 15) is 10.2 Å². The van der Waals surface area contributed by atoms with Crippen molar-refractivity contribution in [2.45, 2.75) is 45.8 Å². The summed E-state index contributed by atoms with van der Waals surface area (Å²) in [6, 6.07) is 0. The highest BCUT2D eigenvalue weighted by Crippen LogP contribution is 2.35. The molecule has 0 radical (unpaired) electrons. The molecular formula is C10H20O2. The predicted octanol–water partition coefficient (Wildman–Crippen LogP) is 1.41. The second-order valence-corrected chi connectivity index (χ2v) is 4.18. The summed E-state index contributed by atoms with van der Waals surface area (Å²) < 4.78 is 0. The van der Waals surface area contributed by atoms with Crippen LogP contribution in [-0.4, -0.2) is 22.4 Å². The van der Waals surface area contributed by atoms with E-state index in [2.05, 4.69) is 6.92 Å². The van der Waals surface area contributed by atoms with Crippen LogP contribution in [-0.2, 0) is 0 Å². The van der Waals surface area contributed by atoms with E-state index in [1.165, 1.54) is 0 Å². The van der Waals surface area contributed by atoms with E-state index >= 15 is 0 Å². The van der Waals surface area contributed by atoms with Crippen molar-refractivity contribution in [3.05, 3.63) is 0 Å². The minimum absolute atomic E-state index is 0.214. The Hall–Kier alpha value is -0.0800. The van der Waals surface area contributed by atoms with Gasteiger partial charge in [-0.05, 0) is 24.2 Å². The average Bonchev–Trinajstić information content (AvgIpc) is 2.08. The van der Waals surface area contributed by atoms with Crippen LogP contribution in [0.3, 0.4) is 0 Å². The van der Waals surface area contributed by atoms with Crippen LogP contribution < -0.4 is 0 Å². The molecule has 1 rings (SSSR count). The molecule has 0 amide bonds. The Morgan fingerprint density at radius 3 is 2.25 bits per heavy atom. The summed E-state index contributed by atoms with van der Waals surface area (Å²) in [5.74, 6) is 0.771. The summed E-state index contributed by atoms with van der Waals surface area (Å²) in [5, 5.41) is 19.5. The first-order chi connectivity index (χ1) is 5.57. The maximum Gasteiger partial charge on any atom is 0.0598 e. The Bertz CT molecular complexity index is 142. The first-order valence-electron chi connectivity index (χ1n) is 4.94. The molecule has 0 spiro atoms. The van der Waals surface area contributed by atoms with Gasteiger partial charge in [-0.2, -0.15) is 0 Å². The topological polar surface area (TPSA) is 40.5 Å². The third kappa shape index (κ3) is 1.64. The summed E-state index contributed by atoms with van der Waals surface area (Å²) in [6.07, 6.45) is 1.31.